The number of ether oxygens (including phenoxy) is 1. The monoisotopic (exact) mass is 331 g/mol. The first kappa shape index (κ1) is 16.8. The van der Waals surface area contributed by atoms with Crippen molar-refractivity contribution in [2.45, 2.75) is 19.8 Å². The minimum Gasteiger partial charge on any atom is -0.494 e. The summed E-state index contributed by atoms with van der Waals surface area (Å²) in [5.41, 5.74) is 3.28. The van der Waals surface area contributed by atoms with Gasteiger partial charge in [-0.3, -0.25) is 4.99 Å². The summed E-state index contributed by atoms with van der Waals surface area (Å²) >= 11 is 0. The summed E-state index contributed by atoms with van der Waals surface area (Å²) in [5, 5.41) is 9.51. The topological polar surface area (TPSA) is 48.6 Å². The van der Waals surface area contributed by atoms with E-state index in [0.717, 1.165) is 42.2 Å². The molecule has 0 unspecified atom stereocenters. The minimum absolute atomic E-state index is 0.492. The molecule has 0 atom stereocenters. The Bertz CT molecular complexity index is 801. The highest BCUT2D eigenvalue weighted by Crippen LogP contribution is 2.24. The number of unbranched alkanes of at least 4 members (excludes halogenated alkanes) is 1. The largest absolute Gasteiger partial charge is 0.494 e. The molecular formula is C21H21N3O. The molecule has 0 fully saturated rings. The molecular weight excluding hydrogens is 310 g/mol. The summed E-state index contributed by atoms with van der Waals surface area (Å²) in [6.07, 6.45) is 4.04. The number of rotatable bonds is 6. The zero-order valence-corrected chi connectivity index (χ0v) is 14.4. The molecule has 4 heteroatoms. The molecule has 0 aliphatic carbocycles. The van der Waals surface area contributed by atoms with Crippen LogP contribution in [0.3, 0.4) is 0 Å². The fourth-order valence-corrected chi connectivity index (χ4v) is 2.64. The van der Waals surface area contributed by atoms with Crippen LogP contribution in [0.25, 0.3) is 0 Å². The van der Waals surface area contributed by atoms with E-state index >= 15 is 0 Å². The van der Waals surface area contributed by atoms with E-state index in [4.69, 9.17) is 4.74 Å². The van der Waals surface area contributed by atoms with Gasteiger partial charge < -0.3 is 9.64 Å². The number of anilines is 1. The standard InChI is InChI=1S/C21H21N3O/c1-2-3-13-25-20-11-9-19(10-12-20)24-15-18(14-22)21(23-16-24)17-7-5-4-6-8-17/h4-12,15H,2-3,13,16H2,1H3. The van der Waals surface area contributed by atoms with Gasteiger partial charge in [0.15, 0.2) is 0 Å². The molecule has 4 nitrogen and oxygen atoms in total. The molecule has 3 rings (SSSR count). The Morgan fingerprint density at radius 2 is 1.88 bits per heavy atom. The molecule has 126 valence electrons. The Balaban J connectivity index is 1.74. The summed E-state index contributed by atoms with van der Waals surface area (Å²) in [6.45, 7) is 3.38. The first-order chi connectivity index (χ1) is 12.3. The van der Waals surface area contributed by atoms with Gasteiger partial charge in [0.05, 0.1) is 17.9 Å². The van der Waals surface area contributed by atoms with Crippen LogP contribution >= 0.6 is 0 Å². The third kappa shape index (κ3) is 4.07. The lowest BCUT2D eigenvalue weighted by atomic mass is 10.0. The normalized spacial score (nSPS) is 13.7. The SMILES string of the molecule is CCCCOc1ccc(N2C=C(C#N)C(c3ccccc3)=NC2)cc1. The number of hydrogen-bond acceptors (Lipinski definition) is 4. The second-order valence-corrected chi connectivity index (χ2v) is 5.83. The summed E-state index contributed by atoms with van der Waals surface area (Å²) < 4.78 is 5.69. The van der Waals surface area contributed by atoms with Gasteiger partial charge in [-0.25, -0.2) is 0 Å². The van der Waals surface area contributed by atoms with Gasteiger partial charge in [0, 0.05) is 17.5 Å². The molecule has 0 bridgehead atoms. The van der Waals surface area contributed by atoms with Gasteiger partial charge in [0.2, 0.25) is 0 Å². The van der Waals surface area contributed by atoms with Crippen molar-refractivity contribution < 1.29 is 4.74 Å². The maximum atomic E-state index is 9.51. The van der Waals surface area contributed by atoms with Crippen molar-refractivity contribution in [3.05, 3.63) is 71.9 Å². The van der Waals surface area contributed by atoms with Crippen molar-refractivity contribution in [3.63, 3.8) is 0 Å². The van der Waals surface area contributed by atoms with E-state index in [0.29, 0.717) is 12.2 Å². The molecule has 0 aromatic heterocycles. The van der Waals surface area contributed by atoms with Crippen molar-refractivity contribution in [1.29, 1.82) is 5.26 Å². The van der Waals surface area contributed by atoms with Crippen LogP contribution in [-0.4, -0.2) is 19.0 Å². The first-order valence-corrected chi connectivity index (χ1v) is 8.53. The third-order valence-electron chi connectivity index (χ3n) is 4.02. The van der Waals surface area contributed by atoms with Crippen molar-refractivity contribution in [2.24, 2.45) is 4.99 Å². The number of nitrogens with zero attached hydrogens (tertiary/aromatic N) is 3. The fourth-order valence-electron chi connectivity index (χ4n) is 2.64. The molecule has 0 spiro atoms. The Morgan fingerprint density at radius 1 is 1.12 bits per heavy atom. The van der Waals surface area contributed by atoms with Gasteiger partial charge in [-0.1, -0.05) is 43.7 Å². The number of allylic oxidation sites excluding steroid dienone is 1. The predicted octanol–water partition coefficient (Wildman–Crippen LogP) is 4.54. The Kier molecular flexibility index (Phi) is 5.48. The molecule has 0 saturated carbocycles. The van der Waals surface area contributed by atoms with Crippen molar-refractivity contribution >= 4 is 11.4 Å². The van der Waals surface area contributed by atoms with E-state index in [1.807, 2.05) is 65.7 Å². The Morgan fingerprint density at radius 3 is 2.56 bits per heavy atom. The van der Waals surface area contributed by atoms with Crippen LogP contribution in [0.2, 0.25) is 0 Å². The average Bonchev–Trinajstić information content (AvgIpc) is 2.69. The highest BCUT2D eigenvalue weighted by Gasteiger charge is 2.17. The predicted molar refractivity (Wildman–Crippen MR) is 101 cm³/mol. The summed E-state index contributed by atoms with van der Waals surface area (Å²) in [7, 11) is 0. The van der Waals surface area contributed by atoms with Gasteiger partial charge >= 0.3 is 0 Å². The lowest BCUT2D eigenvalue weighted by Crippen LogP contribution is -2.24. The van der Waals surface area contributed by atoms with Crippen LogP contribution in [-0.2, 0) is 0 Å². The van der Waals surface area contributed by atoms with Gasteiger partial charge in [-0.05, 0) is 30.7 Å². The minimum atomic E-state index is 0.492. The molecule has 0 radical (unpaired) electrons. The van der Waals surface area contributed by atoms with Crippen LogP contribution in [0.4, 0.5) is 5.69 Å². The van der Waals surface area contributed by atoms with E-state index in [-0.39, 0.29) is 0 Å². The highest BCUT2D eigenvalue weighted by atomic mass is 16.5. The quantitative estimate of drug-likeness (QED) is 0.730. The molecule has 0 N–H and O–H groups in total. The van der Waals surface area contributed by atoms with E-state index in [2.05, 4.69) is 18.0 Å². The summed E-state index contributed by atoms with van der Waals surface area (Å²) in [4.78, 5) is 6.59. The maximum Gasteiger partial charge on any atom is 0.119 e. The Hall–Kier alpha value is -3.06. The molecule has 2 aromatic rings. The van der Waals surface area contributed by atoms with Gasteiger partial charge in [0.25, 0.3) is 0 Å². The smallest absolute Gasteiger partial charge is 0.119 e. The van der Waals surface area contributed by atoms with Crippen molar-refractivity contribution in [1.82, 2.24) is 0 Å². The van der Waals surface area contributed by atoms with Crippen LogP contribution in [0.15, 0.2) is 71.4 Å². The summed E-state index contributed by atoms with van der Waals surface area (Å²) in [5.74, 6) is 0.868. The molecule has 1 aliphatic rings. The number of nitriles is 1. The average molecular weight is 331 g/mol. The van der Waals surface area contributed by atoms with Crippen LogP contribution in [0.1, 0.15) is 25.3 Å². The molecule has 1 heterocycles. The van der Waals surface area contributed by atoms with Crippen LogP contribution < -0.4 is 9.64 Å². The van der Waals surface area contributed by atoms with Crippen molar-refractivity contribution in [2.75, 3.05) is 18.2 Å². The first-order valence-electron chi connectivity index (χ1n) is 8.53. The van der Waals surface area contributed by atoms with Gasteiger partial charge in [-0.15, -0.1) is 0 Å². The highest BCUT2D eigenvalue weighted by molar-refractivity contribution is 6.15. The van der Waals surface area contributed by atoms with E-state index in [9.17, 15) is 5.26 Å². The molecule has 25 heavy (non-hydrogen) atoms. The van der Waals surface area contributed by atoms with Crippen molar-refractivity contribution in [3.8, 4) is 11.8 Å². The summed E-state index contributed by atoms with van der Waals surface area (Å²) in [6, 6.07) is 20.0. The fraction of sp³-hybridized carbons (Fsp3) is 0.238. The van der Waals surface area contributed by atoms with E-state index in [1.165, 1.54) is 0 Å². The second-order valence-electron chi connectivity index (χ2n) is 5.83. The van der Waals surface area contributed by atoms with Gasteiger partial charge in [0.1, 0.15) is 18.5 Å². The third-order valence-corrected chi connectivity index (χ3v) is 4.02. The van der Waals surface area contributed by atoms with Gasteiger partial charge in [-0.2, -0.15) is 5.26 Å². The molecule has 1 aliphatic heterocycles. The van der Waals surface area contributed by atoms with Crippen LogP contribution in [0, 0.1) is 11.3 Å². The second kappa shape index (κ2) is 8.16. The molecule has 0 saturated heterocycles. The van der Waals surface area contributed by atoms with E-state index in [1.54, 1.807) is 0 Å². The van der Waals surface area contributed by atoms with Crippen LogP contribution in [0.5, 0.6) is 5.75 Å². The Labute approximate surface area is 148 Å². The zero-order valence-electron chi connectivity index (χ0n) is 14.4. The number of aliphatic imine (C=N–C) groups is 1. The molecule has 0 amide bonds. The zero-order chi connectivity index (χ0) is 17.5. The maximum absolute atomic E-state index is 9.51. The van der Waals surface area contributed by atoms with E-state index < -0.39 is 0 Å². The lowest BCUT2D eigenvalue weighted by Gasteiger charge is -2.24. The number of benzene rings is 2. The molecule has 2 aromatic carbocycles. The number of hydrogen-bond donors (Lipinski definition) is 0. The lowest BCUT2D eigenvalue weighted by molar-refractivity contribution is 0.309.